The molecule has 0 unspecified atom stereocenters. The summed E-state index contributed by atoms with van der Waals surface area (Å²) < 4.78 is 58.4. The maximum atomic E-state index is 11.8. The number of alkyl halides is 3. The SMILES string of the molecule is CC/C(=C/C[C](F)F)C(F)(F)F. The standard InChI is InChI=1S/C7H8F5/c1-2-5(7(10,11)12)3-4-6(8)9/h3H,2,4H2,1H3/b5-3-. The van der Waals surface area contributed by atoms with Gasteiger partial charge >= 0.3 is 12.6 Å². The zero-order valence-corrected chi connectivity index (χ0v) is 6.38. The van der Waals surface area contributed by atoms with Crippen molar-refractivity contribution >= 4 is 0 Å². The molecule has 0 fully saturated rings. The number of allylic oxidation sites excluding steroid dienone is 2. The molecule has 0 aromatic rings. The van der Waals surface area contributed by atoms with Crippen LogP contribution in [-0.4, -0.2) is 6.18 Å². The van der Waals surface area contributed by atoms with E-state index in [1.165, 1.54) is 6.92 Å². The summed E-state index contributed by atoms with van der Waals surface area (Å²) in [5.41, 5.74) is -0.907. The van der Waals surface area contributed by atoms with Gasteiger partial charge in [-0.1, -0.05) is 13.0 Å². The van der Waals surface area contributed by atoms with Crippen LogP contribution in [0.3, 0.4) is 0 Å². The first kappa shape index (κ1) is 11.4. The molecular formula is C7H8F5. The molecule has 0 atom stereocenters. The van der Waals surface area contributed by atoms with E-state index < -0.39 is 24.6 Å². The van der Waals surface area contributed by atoms with E-state index in [0.717, 1.165) is 0 Å². The summed E-state index contributed by atoms with van der Waals surface area (Å²) in [6.07, 6.45) is -7.18. The molecule has 0 amide bonds. The van der Waals surface area contributed by atoms with Gasteiger partial charge < -0.3 is 0 Å². The average molecular weight is 187 g/mol. The minimum Gasteiger partial charge on any atom is -0.200 e. The Morgan fingerprint density at radius 2 is 1.75 bits per heavy atom. The maximum Gasteiger partial charge on any atom is 0.412 e. The summed E-state index contributed by atoms with van der Waals surface area (Å²) in [5.74, 6) is 0. The Morgan fingerprint density at radius 1 is 1.25 bits per heavy atom. The highest BCUT2D eigenvalue weighted by molar-refractivity contribution is 5.09. The van der Waals surface area contributed by atoms with Crippen molar-refractivity contribution < 1.29 is 22.0 Å². The second-order valence-electron chi connectivity index (χ2n) is 2.12. The molecule has 0 aliphatic rings. The van der Waals surface area contributed by atoms with E-state index in [-0.39, 0.29) is 6.42 Å². The first-order chi connectivity index (χ1) is 5.38. The minimum atomic E-state index is -4.48. The molecule has 0 heterocycles. The van der Waals surface area contributed by atoms with Crippen molar-refractivity contribution in [2.75, 3.05) is 0 Å². The van der Waals surface area contributed by atoms with Crippen molar-refractivity contribution in [3.05, 3.63) is 18.1 Å². The van der Waals surface area contributed by atoms with Gasteiger partial charge in [-0.05, 0) is 6.42 Å². The van der Waals surface area contributed by atoms with E-state index in [2.05, 4.69) is 0 Å². The molecule has 0 aromatic heterocycles. The van der Waals surface area contributed by atoms with Crippen molar-refractivity contribution in [3.8, 4) is 0 Å². The largest absolute Gasteiger partial charge is 0.412 e. The summed E-state index contributed by atoms with van der Waals surface area (Å²) in [7, 11) is 0. The molecule has 71 valence electrons. The lowest BCUT2D eigenvalue weighted by molar-refractivity contribution is -0.0938. The number of halogens is 5. The van der Waals surface area contributed by atoms with Gasteiger partial charge in [0.1, 0.15) is 0 Å². The highest BCUT2D eigenvalue weighted by Gasteiger charge is 2.31. The summed E-state index contributed by atoms with van der Waals surface area (Å²) >= 11 is 0. The normalized spacial score (nSPS) is 14.1. The Hall–Kier alpha value is -0.610. The summed E-state index contributed by atoms with van der Waals surface area (Å²) in [6.45, 7) is 1.27. The molecule has 0 saturated carbocycles. The molecule has 0 nitrogen and oxygen atoms in total. The van der Waals surface area contributed by atoms with Gasteiger partial charge in [0, 0.05) is 12.0 Å². The van der Waals surface area contributed by atoms with Crippen LogP contribution in [0.1, 0.15) is 19.8 Å². The van der Waals surface area contributed by atoms with Crippen molar-refractivity contribution in [3.63, 3.8) is 0 Å². The van der Waals surface area contributed by atoms with E-state index >= 15 is 0 Å². The van der Waals surface area contributed by atoms with Gasteiger partial charge in [0.25, 0.3) is 0 Å². The Morgan fingerprint density at radius 3 is 2.00 bits per heavy atom. The topological polar surface area (TPSA) is 0 Å². The van der Waals surface area contributed by atoms with E-state index in [1.54, 1.807) is 0 Å². The monoisotopic (exact) mass is 187 g/mol. The first-order valence-electron chi connectivity index (χ1n) is 3.31. The second-order valence-corrected chi connectivity index (χ2v) is 2.12. The quantitative estimate of drug-likeness (QED) is 0.466. The molecule has 0 aromatic carbocycles. The van der Waals surface area contributed by atoms with Crippen LogP contribution in [0.5, 0.6) is 0 Å². The zero-order chi connectivity index (χ0) is 9.78. The van der Waals surface area contributed by atoms with Crippen LogP contribution in [0.15, 0.2) is 11.6 Å². The number of hydrogen-bond donors (Lipinski definition) is 0. The van der Waals surface area contributed by atoms with Crippen LogP contribution in [0.25, 0.3) is 0 Å². The summed E-state index contributed by atoms with van der Waals surface area (Å²) in [6, 6.07) is 0. The van der Waals surface area contributed by atoms with Crippen molar-refractivity contribution in [2.45, 2.75) is 25.9 Å². The molecular weight excluding hydrogens is 179 g/mol. The third-order valence-electron chi connectivity index (χ3n) is 1.25. The second kappa shape index (κ2) is 4.42. The van der Waals surface area contributed by atoms with Crippen LogP contribution in [-0.2, 0) is 0 Å². The van der Waals surface area contributed by atoms with Gasteiger partial charge in [-0.15, -0.1) is 0 Å². The zero-order valence-electron chi connectivity index (χ0n) is 6.38. The van der Waals surface area contributed by atoms with Gasteiger partial charge in [-0.3, -0.25) is 0 Å². The first-order valence-corrected chi connectivity index (χ1v) is 3.31. The fourth-order valence-corrected chi connectivity index (χ4v) is 0.661. The highest BCUT2D eigenvalue weighted by atomic mass is 19.4. The van der Waals surface area contributed by atoms with Gasteiger partial charge in [0.05, 0.1) is 0 Å². The van der Waals surface area contributed by atoms with Crippen LogP contribution in [0.4, 0.5) is 22.0 Å². The minimum absolute atomic E-state index is 0.281. The van der Waals surface area contributed by atoms with Crippen LogP contribution >= 0.6 is 0 Å². The molecule has 1 radical (unpaired) electrons. The molecule has 0 spiro atoms. The number of rotatable bonds is 3. The van der Waals surface area contributed by atoms with Gasteiger partial charge in [-0.2, -0.15) is 22.0 Å². The van der Waals surface area contributed by atoms with Crippen LogP contribution in [0.2, 0.25) is 0 Å². The molecule has 5 heteroatoms. The maximum absolute atomic E-state index is 11.8. The predicted molar refractivity (Wildman–Crippen MR) is 34.5 cm³/mol. The lowest BCUT2D eigenvalue weighted by Crippen LogP contribution is -2.11. The van der Waals surface area contributed by atoms with Gasteiger partial charge in [0.2, 0.25) is 0 Å². The van der Waals surface area contributed by atoms with Crippen molar-refractivity contribution in [2.24, 2.45) is 0 Å². The Bertz CT molecular complexity index is 156. The van der Waals surface area contributed by atoms with Crippen molar-refractivity contribution in [1.29, 1.82) is 0 Å². The highest BCUT2D eigenvalue weighted by Crippen LogP contribution is 2.29. The molecule has 12 heavy (non-hydrogen) atoms. The third kappa shape index (κ3) is 4.31. The molecule has 0 aliphatic heterocycles. The van der Waals surface area contributed by atoms with E-state index in [9.17, 15) is 22.0 Å². The van der Waals surface area contributed by atoms with E-state index in [0.29, 0.717) is 6.08 Å². The molecule has 0 saturated heterocycles. The van der Waals surface area contributed by atoms with Gasteiger partial charge in [0.15, 0.2) is 0 Å². The molecule has 0 bridgehead atoms. The Labute approximate surface area is 67.1 Å². The Kier molecular flexibility index (Phi) is 4.20. The third-order valence-corrected chi connectivity index (χ3v) is 1.25. The van der Waals surface area contributed by atoms with E-state index in [4.69, 9.17) is 0 Å². The van der Waals surface area contributed by atoms with Crippen molar-refractivity contribution in [1.82, 2.24) is 0 Å². The van der Waals surface area contributed by atoms with Crippen LogP contribution < -0.4 is 0 Å². The average Bonchev–Trinajstić information content (AvgIpc) is 1.85. The summed E-state index contributed by atoms with van der Waals surface area (Å²) in [5, 5.41) is 0. The van der Waals surface area contributed by atoms with E-state index in [1.807, 2.05) is 0 Å². The summed E-state index contributed by atoms with van der Waals surface area (Å²) in [4.78, 5) is 0. The fraction of sp³-hybridized carbons (Fsp3) is 0.571. The fourth-order valence-electron chi connectivity index (χ4n) is 0.661. The molecule has 0 aliphatic carbocycles. The van der Waals surface area contributed by atoms with Gasteiger partial charge in [-0.25, -0.2) is 0 Å². The lowest BCUT2D eigenvalue weighted by Gasteiger charge is -2.08. The lowest BCUT2D eigenvalue weighted by atomic mass is 10.1. The Balaban J connectivity index is 4.24. The van der Waals surface area contributed by atoms with Crippen LogP contribution in [0, 0.1) is 6.43 Å². The molecule has 0 N–H and O–H groups in total. The molecule has 0 rings (SSSR count). The smallest absolute Gasteiger partial charge is 0.200 e. The number of hydrogen-bond acceptors (Lipinski definition) is 0. The predicted octanol–water partition coefficient (Wildman–Crippen LogP) is 3.70.